The first kappa shape index (κ1) is 24.2. The molecule has 1 aromatic rings. The van der Waals surface area contributed by atoms with Crippen molar-refractivity contribution in [1.29, 1.82) is 0 Å². The van der Waals surface area contributed by atoms with Crippen LogP contribution in [-0.4, -0.2) is 54.7 Å². The van der Waals surface area contributed by atoms with Crippen molar-refractivity contribution in [3.63, 3.8) is 0 Å². The van der Waals surface area contributed by atoms with Gasteiger partial charge in [0.05, 0.1) is 16.6 Å². The predicted molar refractivity (Wildman–Crippen MR) is 111 cm³/mol. The Labute approximate surface area is 178 Å². The second-order valence-electron chi connectivity index (χ2n) is 8.80. The summed E-state index contributed by atoms with van der Waals surface area (Å²) in [5, 5.41) is 9.12. The molecule has 1 fully saturated rings. The van der Waals surface area contributed by atoms with Crippen LogP contribution in [-0.2, 0) is 19.6 Å². The van der Waals surface area contributed by atoms with E-state index in [1.165, 1.54) is 12.1 Å². The molecule has 0 aromatic heterocycles. The fourth-order valence-electron chi connectivity index (χ4n) is 3.33. The van der Waals surface area contributed by atoms with Crippen LogP contribution >= 0.6 is 0 Å². The molecule has 1 heterocycles. The minimum atomic E-state index is -4.03. The lowest BCUT2D eigenvalue weighted by atomic mass is 9.95. The zero-order valence-corrected chi connectivity index (χ0v) is 19.0. The van der Waals surface area contributed by atoms with E-state index in [2.05, 4.69) is 11.8 Å². The molecular formula is C21H30N2O6S. The van der Waals surface area contributed by atoms with Crippen molar-refractivity contribution in [2.45, 2.75) is 64.2 Å². The summed E-state index contributed by atoms with van der Waals surface area (Å²) in [4.78, 5) is 12.3. The van der Waals surface area contributed by atoms with Gasteiger partial charge < -0.3 is 9.47 Å². The van der Waals surface area contributed by atoms with Crippen molar-refractivity contribution in [2.75, 3.05) is 13.2 Å². The number of benzene rings is 1. The van der Waals surface area contributed by atoms with E-state index >= 15 is 0 Å². The second kappa shape index (κ2) is 8.94. The molecule has 2 unspecified atom stereocenters. The van der Waals surface area contributed by atoms with Crippen LogP contribution in [0.4, 0.5) is 0 Å². The number of nitrogens with zero attached hydrogens (tertiary/aromatic N) is 1. The van der Waals surface area contributed by atoms with Gasteiger partial charge in [-0.3, -0.25) is 10.0 Å². The highest BCUT2D eigenvalue weighted by atomic mass is 32.2. The van der Waals surface area contributed by atoms with Gasteiger partial charge in [-0.1, -0.05) is 11.8 Å². The molecule has 9 heteroatoms. The molecule has 2 N–H and O–H groups in total. The van der Waals surface area contributed by atoms with Gasteiger partial charge in [-0.2, -0.15) is 4.31 Å². The third-order valence-electron chi connectivity index (χ3n) is 4.45. The number of carbonyl (C=O) groups is 1. The van der Waals surface area contributed by atoms with Gasteiger partial charge >= 0.3 is 0 Å². The smallest absolute Gasteiger partial charge is 0.264 e. The first-order valence-corrected chi connectivity index (χ1v) is 11.1. The maximum absolute atomic E-state index is 13.3. The Hall–Kier alpha value is -2.12. The summed E-state index contributed by atoms with van der Waals surface area (Å²) in [5.41, 5.74) is 0.293. The lowest BCUT2D eigenvalue weighted by Gasteiger charge is -2.46. The molecular weight excluding hydrogens is 408 g/mol. The Morgan fingerprint density at radius 2 is 1.93 bits per heavy atom. The Bertz CT molecular complexity index is 923. The third kappa shape index (κ3) is 5.73. The first-order chi connectivity index (χ1) is 13.8. The summed E-state index contributed by atoms with van der Waals surface area (Å²) in [5.74, 6) is 5.61. The monoisotopic (exact) mass is 438 g/mol. The summed E-state index contributed by atoms with van der Waals surface area (Å²) >= 11 is 0. The van der Waals surface area contributed by atoms with E-state index in [9.17, 15) is 13.2 Å². The van der Waals surface area contributed by atoms with E-state index in [0.29, 0.717) is 5.75 Å². The number of morpholine rings is 1. The predicted octanol–water partition coefficient (Wildman–Crippen LogP) is 2.18. The normalized spacial score (nSPS) is 22.0. The number of ether oxygens (including phenoxy) is 2. The summed E-state index contributed by atoms with van der Waals surface area (Å²) < 4.78 is 38.9. The molecule has 0 radical (unpaired) electrons. The van der Waals surface area contributed by atoms with Crippen LogP contribution in [0.2, 0.25) is 0 Å². The molecule has 1 aliphatic rings. The van der Waals surface area contributed by atoms with Crippen LogP contribution in [0.5, 0.6) is 5.75 Å². The molecule has 30 heavy (non-hydrogen) atoms. The van der Waals surface area contributed by atoms with Crippen molar-refractivity contribution >= 4 is 15.9 Å². The van der Waals surface area contributed by atoms with Gasteiger partial charge in [-0.25, -0.2) is 13.9 Å². The molecule has 0 aliphatic carbocycles. The molecule has 166 valence electrons. The van der Waals surface area contributed by atoms with E-state index in [-0.39, 0.29) is 23.5 Å². The zero-order valence-electron chi connectivity index (χ0n) is 18.2. The number of amides is 1. The molecule has 1 aliphatic heterocycles. The van der Waals surface area contributed by atoms with E-state index < -0.39 is 33.7 Å². The van der Waals surface area contributed by atoms with Crippen LogP contribution in [0.1, 0.15) is 41.5 Å². The molecule has 0 saturated carbocycles. The van der Waals surface area contributed by atoms with E-state index in [0.717, 1.165) is 4.31 Å². The highest BCUT2D eigenvalue weighted by Crippen LogP contribution is 2.33. The Kier molecular flexibility index (Phi) is 7.20. The minimum absolute atomic E-state index is 0.0104. The molecule has 8 nitrogen and oxygen atoms in total. The van der Waals surface area contributed by atoms with Gasteiger partial charge in [0.1, 0.15) is 18.4 Å². The molecule has 2 atom stereocenters. The maximum Gasteiger partial charge on any atom is 0.264 e. The Morgan fingerprint density at radius 1 is 1.33 bits per heavy atom. The lowest BCUT2D eigenvalue weighted by Crippen LogP contribution is -2.65. The van der Waals surface area contributed by atoms with E-state index in [1.807, 2.05) is 20.8 Å². The van der Waals surface area contributed by atoms with Gasteiger partial charge in [-0.05, 0) is 65.8 Å². The molecule has 1 saturated heterocycles. The van der Waals surface area contributed by atoms with Gasteiger partial charge in [0.2, 0.25) is 10.0 Å². The molecule has 0 spiro atoms. The number of hydrogen-bond acceptors (Lipinski definition) is 6. The van der Waals surface area contributed by atoms with Crippen LogP contribution in [0.3, 0.4) is 0 Å². The standard InChI is InChI=1S/C21H30N2O6S/c1-15-14-23(18(19(24)22-25)21(5,6)29-15)30(26,27)17-10-8-16(9-11-17)28-13-7-12-20(2,3)4/h8-11,15,18,25H,13-14H2,1-6H3,(H,22,24). The summed E-state index contributed by atoms with van der Waals surface area (Å²) in [7, 11) is -4.03. The van der Waals surface area contributed by atoms with Crippen molar-refractivity contribution in [3.8, 4) is 17.6 Å². The van der Waals surface area contributed by atoms with Gasteiger partial charge in [0, 0.05) is 12.0 Å². The summed E-state index contributed by atoms with van der Waals surface area (Å²) in [6, 6.07) is 4.70. The Morgan fingerprint density at radius 3 is 2.47 bits per heavy atom. The average Bonchev–Trinajstić information content (AvgIpc) is 2.63. The van der Waals surface area contributed by atoms with Gasteiger partial charge in [0.15, 0.2) is 0 Å². The van der Waals surface area contributed by atoms with Crippen LogP contribution < -0.4 is 10.2 Å². The molecule has 1 aromatic carbocycles. The Balaban J connectivity index is 2.26. The molecule has 2 rings (SSSR count). The number of sulfonamides is 1. The quantitative estimate of drug-likeness (QED) is 0.415. The topological polar surface area (TPSA) is 105 Å². The van der Waals surface area contributed by atoms with Crippen LogP contribution in [0.25, 0.3) is 0 Å². The van der Waals surface area contributed by atoms with Crippen molar-refractivity contribution in [2.24, 2.45) is 5.41 Å². The molecule has 1 amide bonds. The fraction of sp³-hybridized carbons (Fsp3) is 0.571. The highest BCUT2D eigenvalue weighted by Gasteiger charge is 2.50. The van der Waals surface area contributed by atoms with Crippen LogP contribution in [0.15, 0.2) is 29.2 Å². The number of nitrogens with one attached hydrogen (secondary N) is 1. The van der Waals surface area contributed by atoms with Crippen molar-refractivity contribution < 1.29 is 27.9 Å². The van der Waals surface area contributed by atoms with Crippen molar-refractivity contribution in [3.05, 3.63) is 24.3 Å². The number of carbonyl (C=O) groups excluding carboxylic acids is 1. The third-order valence-corrected chi connectivity index (χ3v) is 6.30. The maximum atomic E-state index is 13.3. The minimum Gasteiger partial charge on any atom is -0.481 e. The lowest BCUT2D eigenvalue weighted by molar-refractivity contribution is -0.167. The SMILES string of the molecule is CC1CN(S(=O)(=O)c2ccc(OCC#CC(C)(C)C)cc2)C(C(=O)NO)C(C)(C)O1. The zero-order chi connectivity index (χ0) is 22.7. The average molecular weight is 439 g/mol. The summed E-state index contributed by atoms with van der Waals surface area (Å²) in [6.45, 7) is 11.1. The molecule has 0 bridgehead atoms. The largest absolute Gasteiger partial charge is 0.481 e. The van der Waals surface area contributed by atoms with Crippen LogP contribution in [0, 0.1) is 17.3 Å². The summed E-state index contributed by atoms with van der Waals surface area (Å²) in [6.07, 6.45) is -0.429. The number of rotatable bonds is 5. The number of hydroxylamine groups is 1. The highest BCUT2D eigenvalue weighted by molar-refractivity contribution is 7.89. The van der Waals surface area contributed by atoms with E-state index in [1.54, 1.807) is 38.4 Å². The van der Waals surface area contributed by atoms with Gasteiger partial charge in [-0.15, -0.1) is 0 Å². The van der Waals surface area contributed by atoms with E-state index in [4.69, 9.17) is 14.7 Å². The second-order valence-corrected chi connectivity index (χ2v) is 10.7. The van der Waals surface area contributed by atoms with Crippen molar-refractivity contribution in [1.82, 2.24) is 9.79 Å². The first-order valence-electron chi connectivity index (χ1n) is 9.64. The van der Waals surface area contributed by atoms with Gasteiger partial charge in [0.25, 0.3) is 5.91 Å². The number of hydrogen-bond donors (Lipinski definition) is 2. The fourth-order valence-corrected chi connectivity index (χ4v) is 5.12.